The maximum absolute atomic E-state index is 10.9. The van der Waals surface area contributed by atoms with Crippen molar-refractivity contribution in [1.29, 1.82) is 0 Å². The van der Waals surface area contributed by atoms with Crippen LogP contribution in [0.1, 0.15) is 34.6 Å². The summed E-state index contributed by atoms with van der Waals surface area (Å²) in [6, 6.07) is 0.884. The van der Waals surface area contributed by atoms with Crippen LogP contribution in [-0.2, 0) is 4.79 Å². The van der Waals surface area contributed by atoms with Crippen molar-refractivity contribution < 1.29 is 4.79 Å². The van der Waals surface area contributed by atoms with Gasteiger partial charge in [0.05, 0.1) is 8.80 Å². The largest absolute Gasteiger partial charge is 0.300 e. The van der Waals surface area contributed by atoms with Crippen LogP contribution in [0.15, 0.2) is 0 Å². The molecule has 0 heterocycles. The predicted octanol–water partition coefficient (Wildman–Crippen LogP) is 2.62. The number of rotatable bonds is 4. The third kappa shape index (κ3) is 4.35. The molecular formula is C9H20OSi. The average Bonchev–Trinajstić information content (AvgIpc) is 1.81. The lowest BCUT2D eigenvalue weighted by Crippen LogP contribution is -2.23. The molecule has 0 aromatic carbocycles. The van der Waals surface area contributed by atoms with E-state index < -0.39 is 8.80 Å². The standard InChI is InChI=1S/C9H20OSi/c1-7(2)11(8(3)4)6-9(5)10/h7-8,11H,6H2,1-5H3. The molecule has 0 spiro atoms. The minimum absolute atomic E-state index is 0.379. The van der Waals surface area contributed by atoms with Crippen LogP contribution in [-0.4, -0.2) is 14.6 Å². The van der Waals surface area contributed by atoms with E-state index in [1.54, 1.807) is 6.92 Å². The van der Waals surface area contributed by atoms with Crippen LogP contribution in [0.2, 0.25) is 17.1 Å². The lowest BCUT2D eigenvalue weighted by Gasteiger charge is -2.21. The van der Waals surface area contributed by atoms with Gasteiger partial charge in [0, 0.05) is 0 Å². The van der Waals surface area contributed by atoms with Crippen LogP contribution >= 0.6 is 0 Å². The second kappa shape index (κ2) is 4.70. The summed E-state index contributed by atoms with van der Waals surface area (Å²) in [6.45, 7) is 10.7. The Morgan fingerprint density at radius 3 is 1.64 bits per heavy atom. The second-order valence-corrected chi connectivity index (χ2v) is 8.46. The van der Waals surface area contributed by atoms with Gasteiger partial charge in [-0.1, -0.05) is 38.8 Å². The van der Waals surface area contributed by atoms with Crippen molar-refractivity contribution in [2.45, 2.75) is 51.7 Å². The van der Waals surface area contributed by atoms with Crippen molar-refractivity contribution in [3.05, 3.63) is 0 Å². The van der Waals surface area contributed by atoms with Crippen LogP contribution in [0.4, 0.5) is 0 Å². The molecule has 0 saturated carbocycles. The van der Waals surface area contributed by atoms with Crippen molar-refractivity contribution in [1.82, 2.24) is 0 Å². The summed E-state index contributed by atoms with van der Waals surface area (Å²) in [4.78, 5) is 10.9. The Bertz CT molecular complexity index is 122. The highest BCUT2D eigenvalue weighted by atomic mass is 28.3. The number of Topliss-reactive ketones (excluding diaryl/α,β-unsaturated/α-hetero) is 1. The normalized spacial score (nSPS) is 11.6. The van der Waals surface area contributed by atoms with Crippen LogP contribution in [0.25, 0.3) is 0 Å². The first-order chi connectivity index (χ1) is 4.95. The van der Waals surface area contributed by atoms with Gasteiger partial charge in [-0.25, -0.2) is 0 Å². The molecule has 0 aromatic heterocycles. The van der Waals surface area contributed by atoms with Gasteiger partial charge < -0.3 is 4.79 Å². The van der Waals surface area contributed by atoms with Gasteiger partial charge in [-0.15, -0.1) is 0 Å². The SMILES string of the molecule is CC(=O)C[SiH](C(C)C)C(C)C. The molecule has 0 fully saturated rings. The molecule has 2 heteroatoms. The first kappa shape index (κ1) is 10.9. The van der Waals surface area contributed by atoms with E-state index in [-0.39, 0.29) is 0 Å². The molecule has 11 heavy (non-hydrogen) atoms. The van der Waals surface area contributed by atoms with Gasteiger partial charge in [-0.2, -0.15) is 0 Å². The van der Waals surface area contributed by atoms with E-state index in [1.807, 2.05) is 0 Å². The Kier molecular flexibility index (Phi) is 4.65. The highest BCUT2D eigenvalue weighted by molar-refractivity contribution is 6.65. The minimum Gasteiger partial charge on any atom is -0.300 e. The fraction of sp³-hybridized carbons (Fsp3) is 0.889. The number of ketones is 1. The van der Waals surface area contributed by atoms with E-state index in [1.165, 1.54) is 0 Å². The van der Waals surface area contributed by atoms with Gasteiger partial charge >= 0.3 is 0 Å². The zero-order valence-corrected chi connectivity index (χ0v) is 9.50. The van der Waals surface area contributed by atoms with Crippen molar-refractivity contribution in [3.63, 3.8) is 0 Å². The second-order valence-electron chi connectivity index (χ2n) is 4.06. The van der Waals surface area contributed by atoms with Gasteiger partial charge in [0.25, 0.3) is 0 Å². The van der Waals surface area contributed by atoms with Crippen molar-refractivity contribution in [2.24, 2.45) is 0 Å². The zero-order valence-electron chi connectivity index (χ0n) is 8.35. The van der Waals surface area contributed by atoms with Crippen LogP contribution in [0.3, 0.4) is 0 Å². The summed E-state index contributed by atoms with van der Waals surface area (Å²) >= 11 is 0. The van der Waals surface area contributed by atoms with E-state index in [2.05, 4.69) is 27.7 Å². The van der Waals surface area contributed by atoms with Crippen LogP contribution in [0.5, 0.6) is 0 Å². The highest BCUT2D eigenvalue weighted by Crippen LogP contribution is 2.23. The maximum Gasteiger partial charge on any atom is 0.126 e. The molecule has 0 unspecified atom stereocenters. The van der Waals surface area contributed by atoms with E-state index in [4.69, 9.17) is 0 Å². The summed E-state index contributed by atoms with van der Waals surface area (Å²) < 4.78 is 0. The third-order valence-electron chi connectivity index (χ3n) is 2.24. The maximum atomic E-state index is 10.9. The molecule has 0 saturated heterocycles. The van der Waals surface area contributed by atoms with Crippen molar-refractivity contribution in [2.75, 3.05) is 0 Å². The Morgan fingerprint density at radius 2 is 1.55 bits per heavy atom. The lowest BCUT2D eigenvalue weighted by molar-refractivity contribution is -0.115. The fourth-order valence-electron chi connectivity index (χ4n) is 1.57. The lowest BCUT2D eigenvalue weighted by atomic mass is 10.5. The molecule has 0 aliphatic rings. The third-order valence-corrected chi connectivity index (χ3v) is 6.71. The molecule has 0 amide bonds. The summed E-state index contributed by atoms with van der Waals surface area (Å²) in [5.41, 5.74) is 1.53. The predicted molar refractivity (Wildman–Crippen MR) is 52.8 cm³/mol. The Hall–Kier alpha value is -0.113. The quantitative estimate of drug-likeness (QED) is 0.596. The summed E-state index contributed by atoms with van der Waals surface area (Å²) in [6.07, 6.45) is 0. The van der Waals surface area contributed by atoms with Crippen LogP contribution < -0.4 is 0 Å². The molecule has 0 aliphatic heterocycles. The first-order valence-corrected chi connectivity index (χ1v) is 6.59. The monoisotopic (exact) mass is 172 g/mol. The van der Waals surface area contributed by atoms with Gasteiger partial charge in [0.15, 0.2) is 0 Å². The molecule has 0 atom stereocenters. The Balaban J connectivity index is 4.00. The van der Waals surface area contributed by atoms with E-state index in [0.29, 0.717) is 5.78 Å². The summed E-state index contributed by atoms with van der Waals surface area (Å²) in [5, 5.41) is 0. The average molecular weight is 172 g/mol. The smallest absolute Gasteiger partial charge is 0.126 e. The Labute approximate surface area is 71.8 Å². The van der Waals surface area contributed by atoms with Gasteiger partial charge in [0.2, 0.25) is 0 Å². The summed E-state index contributed by atoms with van der Waals surface area (Å²) in [7, 11) is -0.788. The van der Waals surface area contributed by atoms with E-state index >= 15 is 0 Å². The fourth-order valence-corrected chi connectivity index (χ4v) is 4.72. The first-order valence-electron chi connectivity index (χ1n) is 4.44. The minimum atomic E-state index is -0.788. The molecule has 0 bridgehead atoms. The molecule has 66 valence electrons. The van der Waals surface area contributed by atoms with Gasteiger partial charge in [-0.05, 0) is 13.0 Å². The van der Waals surface area contributed by atoms with Crippen molar-refractivity contribution >= 4 is 14.6 Å². The molecule has 1 nitrogen and oxygen atoms in total. The molecular weight excluding hydrogens is 152 g/mol. The molecule has 0 N–H and O–H groups in total. The number of carbonyl (C=O) groups excluding carboxylic acids is 1. The Morgan fingerprint density at radius 1 is 1.18 bits per heavy atom. The molecule has 0 rings (SSSR count). The van der Waals surface area contributed by atoms with E-state index in [0.717, 1.165) is 17.1 Å². The van der Waals surface area contributed by atoms with Gasteiger partial charge in [0.1, 0.15) is 5.78 Å². The summed E-state index contributed by atoms with van der Waals surface area (Å²) in [5.74, 6) is 0.379. The molecule has 0 radical (unpaired) electrons. The van der Waals surface area contributed by atoms with Crippen LogP contribution in [0, 0.1) is 0 Å². The van der Waals surface area contributed by atoms with Crippen molar-refractivity contribution in [3.8, 4) is 0 Å². The number of carbonyl (C=O) groups is 1. The topological polar surface area (TPSA) is 17.1 Å². The number of hydrogen-bond acceptors (Lipinski definition) is 1. The van der Waals surface area contributed by atoms with Gasteiger partial charge in [-0.3, -0.25) is 0 Å². The number of hydrogen-bond donors (Lipinski definition) is 0. The highest BCUT2D eigenvalue weighted by Gasteiger charge is 2.20. The molecule has 0 aromatic rings. The zero-order chi connectivity index (χ0) is 9.02. The molecule has 0 aliphatic carbocycles. The van der Waals surface area contributed by atoms with E-state index in [9.17, 15) is 4.79 Å².